The summed E-state index contributed by atoms with van der Waals surface area (Å²) in [5.41, 5.74) is 3.17. The van der Waals surface area contributed by atoms with Crippen molar-refractivity contribution < 1.29 is 4.74 Å². The lowest BCUT2D eigenvalue weighted by atomic mass is 9.89. The maximum Gasteiger partial charge on any atom is 0.349 e. The first-order valence-corrected chi connectivity index (χ1v) is 11.5. The first-order chi connectivity index (χ1) is 16.4. The average molecular weight is 517 g/mol. The predicted molar refractivity (Wildman–Crippen MR) is 130 cm³/mol. The van der Waals surface area contributed by atoms with E-state index in [2.05, 4.69) is 32.4 Å². The molecule has 8 nitrogen and oxygen atoms in total. The van der Waals surface area contributed by atoms with Crippen molar-refractivity contribution >= 4 is 34.8 Å². The number of aryl methyl sites for hydroxylation is 2. The first kappa shape index (κ1) is 22.6. The summed E-state index contributed by atoms with van der Waals surface area (Å²) in [6.07, 6.45) is 5.46. The average Bonchev–Trinajstić information content (AvgIpc) is 2.82. The van der Waals surface area contributed by atoms with Gasteiger partial charge in [0.2, 0.25) is 5.88 Å². The van der Waals surface area contributed by atoms with E-state index in [0.29, 0.717) is 5.56 Å². The maximum atomic E-state index is 12.0. The number of H-pyrrole nitrogens is 1. The predicted octanol–water partition coefficient (Wildman–Crippen LogP) is 5.01. The molecule has 0 saturated heterocycles. The summed E-state index contributed by atoms with van der Waals surface area (Å²) in [6.45, 7) is 0. The van der Waals surface area contributed by atoms with Crippen LogP contribution in [0.5, 0.6) is 11.6 Å². The zero-order chi connectivity index (χ0) is 23.8. The Bertz CT molecular complexity index is 1510. The molecule has 4 aromatic rings. The normalized spacial score (nSPS) is 12.9. The molecule has 0 spiro atoms. The third-order valence-corrected chi connectivity index (χ3v) is 6.37. The van der Waals surface area contributed by atoms with Crippen molar-refractivity contribution in [3.8, 4) is 28.4 Å². The van der Waals surface area contributed by atoms with Crippen molar-refractivity contribution in [3.05, 3.63) is 89.8 Å². The molecule has 0 saturated carbocycles. The number of aromatic amines is 1. The number of halogens is 3. The second kappa shape index (κ2) is 9.21. The number of benzene rings is 2. The summed E-state index contributed by atoms with van der Waals surface area (Å²) in [4.78, 5) is 25.4. The Labute approximate surface area is 208 Å². The van der Waals surface area contributed by atoms with E-state index in [1.165, 1.54) is 36.1 Å². The summed E-state index contributed by atoms with van der Waals surface area (Å²) >= 11 is 19.1. The second-order valence-electron chi connectivity index (χ2n) is 7.77. The van der Waals surface area contributed by atoms with Crippen LogP contribution in [-0.2, 0) is 12.8 Å². The second-order valence-corrected chi connectivity index (χ2v) is 8.94. The van der Waals surface area contributed by atoms with Gasteiger partial charge < -0.3 is 4.74 Å². The van der Waals surface area contributed by atoms with E-state index in [9.17, 15) is 9.59 Å². The van der Waals surface area contributed by atoms with Gasteiger partial charge in [-0.25, -0.2) is 4.79 Å². The van der Waals surface area contributed by atoms with E-state index in [1.807, 2.05) is 6.07 Å². The van der Waals surface area contributed by atoms with Crippen LogP contribution in [0.15, 0.2) is 52.2 Å². The SMILES string of the molecule is O=c1cnn(-c2cc(Cl)c(Oc3cc(-c4ccc5c(c4)CCCC5)c(Cl)nn3)c(Cl)c2)c(=O)[nH]1. The van der Waals surface area contributed by atoms with E-state index >= 15 is 0 Å². The lowest BCUT2D eigenvalue weighted by Crippen LogP contribution is -2.30. The van der Waals surface area contributed by atoms with Gasteiger partial charge in [0.05, 0.1) is 15.7 Å². The Morgan fingerprint density at radius 1 is 0.912 bits per heavy atom. The van der Waals surface area contributed by atoms with E-state index in [4.69, 9.17) is 39.5 Å². The number of nitrogens with zero attached hydrogens (tertiary/aromatic N) is 4. The minimum absolute atomic E-state index is 0.106. The van der Waals surface area contributed by atoms with Crippen molar-refractivity contribution in [2.24, 2.45) is 0 Å². The van der Waals surface area contributed by atoms with Gasteiger partial charge in [-0.2, -0.15) is 9.78 Å². The number of hydrogen-bond acceptors (Lipinski definition) is 6. The van der Waals surface area contributed by atoms with E-state index in [-0.39, 0.29) is 32.5 Å². The smallest absolute Gasteiger partial charge is 0.349 e. The van der Waals surface area contributed by atoms with Gasteiger partial charge in [-0.1, -0.05) is 53.0 Å². The van der Waals surface area contributed by atoms with Crippen LogP contribution in [0.4, 0.5) is 0 Å². The number of ether oxygens (including phenoxy) is 1. The van der Waals surface area contributed by atoms with E-state index < -0.39 is 11.2 Å². The molecule has 34 heavy (non-hydrogen) atoms. The maximum absolute atomic E-state index is 12.0. The Morgan fingerprint density at radius 3 is 2.38 bits per heavy atom. The fraction of sp³-hybridized carbons (Fsp3) is 0.174. The van der Waals surface area contributed by atoms with E-state index in [1.54, 1.807) is 6.07 Å². The third kappa shape index (κ3) is 4.44. The number of hydrogen-bond donors (Lipinski definition) is 1. The highest BCUT2D eigenvalue weighted by Gasteiger charge is 2.17. The van der Waals surface area contributed by atoms with Crippen molar-refractivity contribution in [1.29, 1.82) is 0 Å². The highest BCUT2D eigenvalue weighted by atomic mass is 35.5. The van der Waals surface area contributed by atoms with Crippen molar-refractivity contribution in [2.75, 3.05) is 0 Å². The van der Waals surface area contributed by atoms with Gasteiger partial charge in [0, 0.05) is 11.6 Å². The third-order valence-electron chi connectivity index (χ3n) is 5.53. The van der Waals surface area contributed by atoms with Crippen LogP contribution in [0.2, 0.25) is 15.2 Å². The first-order valence-electron chi connectivity index (χ1n) is 10.4. The fourth-order valence-corrected chi connectivity index (χ4v) is 4.67. The molecule has 1 aliphatic rings. The molecule has 5 rings (SSSR count). The zero-order valence-corrected chi connectivity index (χ0v) is 19.8. The molecular weight excluding hydrogens is 501 g/mol. The molecule has 0 radical (unpaired) electrons. The van der Waals surface area contributed by atoms with Crippen LogP contribution in [0.1, 0.15) is 24.0 Å². The van der Waals surface area contributed by atoms with Crippen LogP contribution in [0, 0.1) is 0 Å². The van der Waals surface area contributed by atoms with Crippen LogP contribution >= 0.6 is 34.8 Å². The minimum atomic E-state index is -0.730. The van der Waals surface area contributed by atoms with Crippen molar-refractivity contribution in [1.82, 2.24) is 25.0 Å². The standard InChI is InChI=1S/C23H16Cl3N5O3/c24-17-8-15(31-23(33)28-19(32)11-27-31)9-18(25)21(17)34-20-10-16(22(26)30-29-20)14-6-5-12-3-1-2-4-13(12)7-14/h5-11H,1-4H2,(H,28,32,33). The topological polar surface area (TPSA) is 103 Å². The zero-order valence-electron chi connectivity index (χ0n) is 17.5. The van der Waals surface area contributed by atoms with Gasteiger partial charge in [-0.3, -0.25) is 9.78 Å². The number of aromatic nitrogens is 5. The Kier molecular flexibility index (Phi) is 6.12. The van der Waals surface area contributed by atoms with Crippen molar-refractivity contribution in [3.63, 3.8) is 0 Å². The van der Waals surface area contributed by atoms with Gasteiger partial charge in [-0.05, 0) is 54.5 Å². The highest BCUT2D eigenvalue weighted by Crippen LogP contribution is 2.39. The Hall–Kier alpha value is -3.20. The molecule has 2 heterocycles. The van der Waals surface area contributed by atoms with Gasteiger partial charge in [-0.15, -0.1) is 10.2 Å². The molecular formula is C23H16Cl3N5O3. The molecule has 0 fully saturated rings. The lowest BCUT2D eigenvalue weighted by molar-refractivity contribution is 0.456. The molecule has 2 aromatic carbocycles. The summed E-state index contributed by atoms with van der Waals surface area (Å²) in [5.74, 6) is 0.269. The van der Waals surface area contributed by atoms with E-state index in [0.717, 1.165) is 29.3 Å². The number of fused-ring (bicyclic) bond motifs is 1. The highest BCUT2D eigenvalue weighted by molar-refractivity contribution is 6.37. The molecule has 1 N–H and O–H groups in total. The molecule has 0 atom stereocenters. The molecule has 2 aromatic heterocycles. The summed E-state index contributed by atoms with van der Waals surface area (Å²) in [6, 6.07) is 10.8. The van der Waals surface area contributed by atoms with Crippen LogP contribution in [0.3, 0.4) is 0 Å². The molecule has 0 amide bonds. The monoisotopic (exact) mass is 515 g/mol. The lowest BCUT2D eigenvalue weighted by Gasteiger charge is -2.17. The summed E-state index contributed by atoms with van der Waals surface area (Å²) in [5, 5.41) is 12.3. The molecule has 11 heteroatoms. The minimum Gasteiger partial charge on any atom is -0.434 e. The van der Waals surface area contributed by atoms with Gasteiger partial charge in [0.25, 0.3) is 5.56 Å². The van der Waals surface area contributed by atoms with Gasteiger partial charge >= 0.3 is 5.69 Å². The Morgan fingerprint density at radius 2 is 1.65 bits per heavy atom. The van der Waals surface area contributed by atoms with Crippen LogP contribution in [0.25, 0.3) is 16.8 Å². The molecule has 0 aliphatic heterocycles. The summed E-state index contributed by atoms with van der Waals surface area (Å²) in [7, 11) is 0. The van der Waals surface area contributed by atoms with Gasteiger partial charge in [0.1, 0.15) is 6.20 Å². The largest absolute Gasteiger partial charge is 0.434 e. The fourth-order valence-electron chi connectivity index (χ4n) is 3.92. The van der Waals surface area contributed by atoms with Crippen molar-refractivity contribution in [2.45, 2.75) is 25.7 Å². The van der Waals surface area contributed by atoms with Gasteiger partial charge in [0.15, 0.2) is 10.9 Å². The quantitative estimate of drug-likeness (QED) is 0.409. The molecule has 0 bridgehead atoms. The van der Waals surface area contributed by atoms with Crippen LogP contribution in [-0.4, -0.2) is 25.0 Å². The number of nitrogens with one attached hydrogen (secondary N) is 1. The Balaban J connectivity index is 1.48. The molecule has 0 unspecified atom stereocenters. The molecule has 172 valence electrons. The number of rotatable bonds is 4. The van der Waals surface area contributed by atoms with Crippen LogP contribution < -0.4 is 16.0 Å². The molecule has 1 aliphatic carbocycles. The summed E-state index contributed by atoms with van der Waals surface area (Å²) < 4.78 is 6.81.